The van der Waals surface area contributed by atoms with Crippen LogP contribution < -0.4 is 11.2 Å². The zero-order valence-electron chi connectivity index (χ0n) is 10.6. The van der Waals surface area contributed by atoms with Gasteiger partial charge >= 0.3 is 5.69 Å². The monoisotopic (exact) mass is 375 g/mol. The summed E-state index contributed by atoms with van der Waals surface area (Å²) >= 11 is 9.25. The molecule has 8 nitrogen and oxygen atoms in total. The van der Waals surface area contributed by atoms with E-state index < -0.39 is 35.0 Å². The lowest BCUT2D eigenvalue weighted by atomic mass is 10.1. The maximum Gasteiger partial charge on any atom is 0.330 e. The second-order valence-corrected chi connectivity index (χ2v) is 5.80. The molecular formula is C11H11BrClN5O3. The Kier molecular flexibility index (Phi) is 4.89. The summed E-state index contributed by atoms with van der Waals surface area (Å²) in [6.45, 7) is 3.57. The molecule has 1 saturated heterocycles. The van der Waals surface area contributed by atoms with Gasteiger partial charge in [-0.05, 0) is 21.5 Å². The van der Waals surface area contributed by atoms with Gasteiger partial charge in [-0.15, -0.1) is 18.2 Å². The second kappa shape index (κ2) is 6.48. The van der Waals surface area contributed by atoms with Crippen molar-refractivity contribution >= 4 is 27.5 Å². The highest BCUT2D eigenvalue weighted by Gasteiger charge is 2.39. The van der Waals surface area contributed by atoms with Crippen LogP contribution >= 0.6 is 27.5 Å². The van der Waals surface area contributed by atoms with Crippen LogP contribution in [0.15, 0.2) is 38.0 Å². The number of hydrogen-bond donors (Lipinski definition) is 1. The Bertz CT molecular complexity index is 711. The van der Waals surface area contributed by atoms with Crippen LogP contribution in [0.1, 0.15) is 12.6 Å². The van der Waals surface area contributed by atoms with Gasteiger partial charge in [0.2, 0.25) is 0 Å². The maximum absolute atomic E-state index is 11.8. The highest BCUT2D eigenvalue weighted by atomic mass is 79.9. The van der Waals surface area contributed by atoms with Gasteiger partial charge in [-0.25, -0.2) is 4.79 Å². The minimum atomic E-state index is -0.658. The molecule has 0 spiro atoms. The number of ether oxygens (including phenoxy) is 1. The number of halogens is 2. The highest BCUT2D eigenvalue weighted by Crippen LogP contribution is 2.34. The third kappa shape index (κ3) is 3.21. The molecule has 4 atom stereocenters. The van der Waals surface area contributed by atoms with Crippen molar-refractivity contribution in [1.82, 2.24) is 9.55 Å². The first-order valence-electron chi connectivity index (χ1n) is 5.95. The van der Waals surface area contributed by atoms with Crippen molar-refractivity contribution in [3.05, 3.63) is 54.6 Å². The lowest BCUT2D eigenvalue weighted by Crippen LogP contribution is -2.33. The first-order valence-corrected chi connectivity index (χ1v) is 7.18. The average molecular weight is 377 g/mol. The molecule has 21 heavy (non-hydrogen) atoms. The molecule has 2 rings (SSSR count). The first-order chi connectivity index (χ1) is 9.97. The minimum Gasteiger partial charge on any atom is -0.352 e. The quantitative estimate of drug-likeness (QED) is 0.285. The summed E-state index contributed by atoms with van der Waals surface area (Å²) in [4.78, 5) is 28.0. The highest BCUT2D eigenvalue weighted by molar-refractivity contribution is 9.10. The first kappa shape index (κ1) is 15.8. The molecule has 112 valence electrons. The van der Waals surface area contributed by atoms with Crippen LogP contribution in [0.4, 0.5) is 0 Å². The third-order valence-electron chi connectivity index (χ3n) is 3.10. The molecular weight excluding hydrogens is 366 g/mol. The minimum absolute atomic E-state index is 0.204. The van der Waals surface area contributed by atoms with Crippen LogP contribution in [0, 0.1) is 0 Å². The normalized spacial score (nSPS) is 26.1. The van der Waals surface area contributed by atoms with Gasteiger partial charge in [0.1, 0.15) is 6.23 Å². The standard InChI is InChI=1S/C11H11BrClN5O3/c1-2-7(16-17-14)9-6(13)3-8(21-9)18-4-5(12)10(19)15-11(18)20/h2,4,6-9H,1,3H2,(H,15,19,20)/t6-,7?,8+,9-/m0/s1. The van der Waals surface area contributed by atoms with Gasteiger partial charge in [-0.3, -0.25) is 14.3 Å². The molecule has 1 fully saturated rings. The zero-order valence-corrected chi connectivity index (χ0v) is 13.0. The summed E-state index contributed by atoms with van der Waals surface area (Å²) in [6.07, 6.45) is 1.86. The number of aromatic nitrogens is 2. The molecule has 1 aromatic rings. The summed E-state index contributed by atoms with van der Waals surface area (Å²) < 4.78 is 7.13. The smallest absolute Gasteiger partial charge is 0.330 e. The number of rotatable bonds is 4. The Morgan fingerprint density at radius 2 is 2.43 bits per heavy atom. The molecule has 1 aliphatic rings. The van der Waals surface area contributed by atoms with E-state index in [0.717, 1.165) is 0 Å². The molecule has 10 heteroatoms. The topological polar surface area (TPSA) is 113 Å². The van der Waals surface area contributed by atoms with Gasteiger partial charge in [-0.2, -0.15) is 0 Å². The van der Waals surface area contributed by atoms with E-state index in [2.05, 4.69) is 37.5 Å². The second-order valence-electron chi connectivity index (χ2n) is 4.38. The van der Waals surface area contributed by atoms with Crippen LogP contribution in [-0.4, -0.2) is 27.1 Å². The molecule has 1 aromatic heterocycles. The lowest BCUT2D eigenvalue weighted by Gasteiger charge is -2.19. The summed E-state index contributed by atoms with van der Waals surface area (Å²) in [6, 6.07) is -0.635. The van der Waals surface area contributed by atoms with Gasteiger partial charge < -0.3 is 4.74 Å². The van der Waals surface area contributed by atoms with E-state index >= 15 is 0 Å². The Labute approximate surface area is 132 Å². The van der Waals surface area contributed by atoms with Crippen molar-refractivity contribution in [3.63, 3.8) is 0 Å². The molecule has 2 heterocycles. The van der Waals surface area contributed by atoms with Gasteiger partial charge in [0.05, 0.1) is 22.0 Å². The van der Waals surface area contributed by atoms with Crippen LogP contribution in [0.5, 0.6) is 0 Å². The van der Waals surface area contributed by atoms with Crippen molar-refractivity contribution in [2.45, 2.75) is 30.2 Å². The van der Waals surface area contributed by atoms with Crippen molar-refractivity contribution in [1.29, 1.82) is 0 Å². The number of hydrogen-bond acceptors (Lipinski definition) is 4. The van der Waals surface area contributed by atoms with E-state index in [9.17, 15) is 9.59 Å². The van der Waals surface area contributed by atoms with E-state index in [1.165, 1.54) is 16.8 Å². The Hall–Kier alpha value is -1.54. The van der Waals surface area contributed by atoms with Gasteiger partial charge in [0.15, 0.2) is 0 Å². The van der Waals surface area contributed by atoms with Crippen LogP contribution in [-0.2, 0) is 4.74 Å². The molecule has 0 aromatic carbocycles. The molecule has 0 bridgehead atoms. The van der Waals surface area contributed by atoms with Crippen molar-refractivity contribution < 1.29 is 4.74 Å². The predicted molar refractivity (Wildman–Crippen MR) is 80.3 cm³/mol. The number of azide groups is 1. The number of H-pyrrole nitrogens is 1. The number of aromatic amines is 1. The van der Waals surface area contributed by atoms with E-state index in [1.54, 1.807) is 0 Å². The van der Waals surface area contributed by atoms with Crippen molar-refractivity contribution in [2.24, 2.45) is 5.11 Å². The van der Waals surface area contributed by atoms with Crippen LogP contribution in [0.2, 0.25) is 0 Å². The largest absolute Gasteiger partial charge is 0.352 e. The van der Waals surface area contributed by atoms with Crippen LogP contribution in [0.3, 0.4) is 0 Å². The SMILES string of the molecule is C=CC(N=[N+]=[N-])[C@H]1O[C@@H](n2cc(Br)c(=O)[nH]c2=O)C[C@@H]1Cl. The fourth-order valence-electron chi connectivity index (χ4n) is 2.10. The van der Waals surface area contributed by atoms with E-state index in [4.69, 9.17) is 21.9 Å². The summed E-state index contributed by atoms with van der Waals surface area (Å²) in [7, 11) is 0. The third-order valence-corrected chi connectivity index (χ3v) is 4.09. The molecule has 0 radical (unpaired) electrons. The van der Waals surface area contributed by atoms with E-state index in [-0.39, 0.29) is 4.47 Å². The zero-order chi connectivity index (χ0) is 15.6. The lowest BCUT2D eigenvalue weighted by molar-refractivity contribution is -0.00513. The average Bonchev–Trinajstić information content (AvgIpc) is 2.82. The van der Waals surface area contributed by atoms with Gasteiger partial charge in [0.25, 0.3) is 5.56 Å². The van der Waals surface area contributed by atoms with Crippen molar-refractivity contribution in [2.75, 3.05) is 0 Å². The fraction of sp³-hybridized carbons (Fsp3) is 0.455. The van der Waals surface area contributed by atoms with Gasteiger partial charge in [0, 0.05) is 17.5 Å². The number of alkyl halides is 1. The Balaban J connectivity index is 2.31. The van der Waals surface area contributed by atoms with Gasteiger partial charge in [-0.1, -0.05) is 11.2 Å². The summed E-state index contributed by atoms with van der Waals surface area (Å²) in [5, 5.41) is 3.10. The molecule has 0 amide bonds. The predicted octanol–water partition coefficient (Wildman–Crippen LogP) is 2.06. The number of nitrogens with one attached hydrogen (secondary N) is 1. The van der Waals surface area contributed by atoms with E-state index in [1.807, 2.05) is 0 Å². The molecule has 1 aliphatic heterocycles. The summed E-state index contributed by atoms with van der Waals surface area (Å²) in [5.41, 5.74) is 7.40. The van der Waals surface area contributed by atoms with Crippen molar-refractivity contribution in [3.8, 4) is 0 Å². The molecule has 0 aliphatic carbocycles. The summed E-state index contributed by atoms with van der Waals surface area (Å²) in [5.74, 6) is 0. The number of nitrogens with zero attached hydrogens (tertiary/aromatic N) is 4. The maximum atomic E-state index is 11.8. The Morgan fingerprint density at radius 3 is 3.05 bits per heavy atom. The van der Waals surface area contributed by atoms with E-state index in [0.29, 0.717) is 6.42 Å². The molecule has 1 N–H and O–H groups in total. The van der Waals surface area contributed by atoms with Crippen LogP contribution in [0.25, 0.3) is 10.4 Å². The molecule has 1 unspecified atom stereocenters. The fourth-order valence-corrected chi connectivity index (χ4v) is 2.78. The Morgan fingerprint density at radius 1 is 1.71 bits per heavy atom. The molecule has 0 saturated carbocycles.